The smallest absolute Gasteiger partial charge is 0.341 e. The van der Waals surface area contributed by atoms with E-state index in [-0.39, 0.29) is 11.5 Å². The third-order valence-corrected chi connectivity index (χ3v) is 6.27. The second-order valence-corrected chi connectivity index (χ2v) is 10.8. The summed E-state index contributed by atoms with van der Waals surface area (Å²) in [6, 6.07) is -0.391. The molecule has 0 saturated carbocycles. The van der Waals surface area contributed by atoms with Crippen LogP contribution in [0.1, 0.15) is 98.2 Å². The van der Waals surface area contributed by atoms with Gasteiger partial charge in [0.05, 0.1) is 10.4 Å². The highest BCUT2D eigenvalue weighted by Gasteiger charge is 2.29. The average Bonchev–Trinajstić information content (AvgIpc) is 3.04. The molecule has 194 valence electrons. The first-order chi connectivity index (χ1) is 16.0. The Labute approximate surface area is 209 Å². The molecule has 3 N–H and O–H groups in total. The van der Waals surface area contributed by atoms with Crippen LogP contribution in [0.15, 0.2) is 0 Å². The van der Waals surface area contributed by atoms with Crippen LogP contribution >= 0.6 is 11.3 Å². The number of nitrogens with zero attached hydrogens (tertiary/aromatic N) is 1. The van der Waals surface area contributed by atoms with Crippen LogP contribution in [-0.2, 0) is 4.74 Å². The summed E-state index contributed by atoms with van der Waals surface area (Å²) in [6.07, 6.45) is 7.61. The molecule has 0 aliphatic heterocycles. The van der Waals surface area contributed by atoms with E-state index < -0.39 is 17.6 Å². The molecule has 8 nitrogen and oxygen atoms in total. The van der Waals surface area contributed by atoms with Gasteiger partial charge in [0, 0.05) is 13.1 Å². The third-order valence-electron chi connectivity index (χ3n) is 5.07. The second-order valence-electron chi connectivity index (χ2n) is 9.82. The summed E-state index contributed by atoms with van der Waals surface area (Å²) >= 11 is 1.10. The van der Waals surface area contributed by atoms with Crippen molar-refractivity contribution in [3.05, 3.63) is 16.0 Å². The second kappa shape index (κ2) is 15.0. The van der Waals surface area contributed by atoms with Crippen molar-refractivity contribution < 1.29 is 19.1 Å². The van der Waals surface area contributed by atoms with E-state index in [2.05, 4.69) is 27.8 Å². The van der Waals surface area contributed by atoms with Crippen LogP contribution in [0.5, 0.6) is 0 Å². The van der Waals surface area contributed by atoms with E-state index in [0.717, 1.165) is 43.6 Å². The molecule has 0 unspecified atom stereocenters. The maximum absolute atomic E-state index is 12.9. The molecule has 0 bridgehead atoms. The van der Waals surface area contributed by atoms with Crippen LogP contribution in [0.4, 0.5) is 9.80 Å². The predicted octanol–water partition coefficient (Wildman–Crippen LogP) is 5.18. The van der Waals surface area contributed by atoms with E-state index in [1.165, 1.54) is 19.3 Å². The molecule has 0 fully saturated rings. The standard InChI is InChI=1S/C25H44N4O4S/c1-8-9-10-11-12-13-15-27-24(32)28-22-19(23(31)33-25(3,4)5)18(2)20(34-22)21(30)26-16-14-17-29(6)7/h8-17H2,1-7H3,(H,26,30)(H2,27,28,32). The number of rotatable bonds is 14. The molecular formula is C25H44N4O4S. The number of urea groups is 1. The highest BCUT2D eigenvalue weighted by atomic mass is 32.1. The molecular weight excluding hydrogens is 452 g/mol. The molecule has 0 atom stereocenters. The van der Waals surface area contributed by atoms with Gasteiger partial charge in [0.15, 0.2) is 0 Å². The van der Waals surface area contributed by atoms with E-state index in [4.69, 9.17) is 4.74 Å². The Balaban J connectivity index is 2.87. The number of amides is 3. The lowest BCUT2D eigenvalue weighted by Crippen LogP contribution is -2.30. The maximum atomic E-state index is 12.9. The fourth-order valence-corrected chi connectivity index (χ4v) is 4.43. The van der Waals surface area contributed by atoms with E-state index in [1.807, 2.05) is 14.1 Å². The van der Waals surface area contributed by atoms with Gasteiger partial charge < -0.3 is 20.3 Å². The lowest BCUT2D eigenvalue weighted by atomic mass is 10.1. The van der Waals surface area contributed by atoms with E-state index >= 15 is 0 Å². The summed E-state index contributed by atoms with van der Waals surface area (Å²) < 4.78 is 5.55. The zero-order valence-electron chi connectivity index (χ0n) is 22.1. The third kappa shape index (κ3) is 11.3. The highest BCUT2D eigenvalue weighted by molar-refractivity contribution is 7.18. The first kappa shape index (κ1) is 29.9. The molecule has 0 aromatic carbocycles. The molecule has 1 aromatic heterocycles. The maximum Gasteiger partial charge on any atom is 0.341 e. The average molecular weight is 497 g/mol. The number of carbonyl (C=O) groups excluding carboxylic acids is 3. The number of esters is 1. The molecule has 34 heavy (non-hydrogen) atoms. The Hall–Kier alpha value is -2.13. The van der Waals surface area contributed by atoms with Crippen molar-refractivity contribution in [2.45, 2.75) is 85.2 Å². The van der Waals surface area contributed by atoms with E-state index in [9.17, 15) is 14.4 Å². The molecule has 0 aliphatic rings. The van der Waals surface area contributed by atoms with Crippen molar-refractivity contribution >= 4 is 34.2 Å². The van der Waals surface area contributed by atoms with Crippen LogP contribution in [0.3, 0.4) is 0 Å². The molecule has 3 amide bonds. The van der Waals surface area contributed by atoms with Crippen molar-refractivity contribution in [3.8, 4) is 0 Å². The molecule has 1 aromatic rings. The fourth-order valence-electron chi connectivity index (χ4n) is 3.33. The summed E-state index contributed by atoms with van der Waals surface area (Å²) in [6.45, 7) is 11.2. The van der Waals surface area contributed by atoms with Gasteiger partial charge in [-0.2, -0.15) is 0 Å². The van der Waals surface area contributed by atoms with Gasteiger partial charge in [0.25, 0.3) is 5.91 Å². The number of carbonyl (C=O) groups is 3. The number of nitrogens with one attached hydrogen (secondary N) is 3. The van der Waals surface area contributed by atoms with Gasteiger partial charge in [-0.15, -0.1) is 11.3 Å². The Morgan fingerprint density at radius 1 is 0.941 bits per heavy atom. The minimum atomic E-state index is -0.697. The largest absolute Gasteiger partial charge is 0.456 e. The summed E-state index contributed by atoms with van der Waals surface area (Å²) in [4.78, 5) is 40.7. The number of hydrogen-bond donors (Lipinski definition) is 3. The highest BCUT2D eigenvalue weighted by Crippen LogP contribution is 2.34. The lowest BCUT2D eigenvalue weighted by Gasteiger charge is -2.20. The SMILES string of the molecule is CCCCCCCCNC(=O)Nc1sc(C(=O)NCCCN(C)C)c(C)c1C(=O)OC(C)(C)C. The van der Waals surface area contributed by atoms with Gasteiger partial charge in [-0.05, 0) is 66.7 Å². The number of anilines is 1. The summed E-state index contributed by atoms with van der Waals surface area (Å²) in [5.41, 5.74) is 0.0424. The lowest BCUT2D eigenvalue weighted by molar-refractivity contribution is 0.00705. The van der Waals surface area contributed by atoms with Crippen LogP contribution in [0.25, 0.3) is 0 Å². The molecule has 0 aliphatic carbocycles. The fraction of sp³-hybridized carbons (Fsp3) is 0.720. The normalized spacial score (nSPS) is 11.4. The Morgan fingerprint density at radius 2 is 1.56 bits per heavy atom. The predicted molar refractivity (Wildman–Crippen MR) is 140 cm³/mol. The van der Waals surface area contributed by atoms with Crippen LogP contribution in [0.2, 0.25) is 0 Å². The van der Waals surface area contributed by atoms with Crippen LogP contribution in [-0.4, -0.2) is 62.1 Å². The minimum absolute atomic E-state index is 0.230. The Morgan fingerprint density at radius 3 is 2.18 bits per heavy atom. The van der Waals surface area contributed by atoms with Gasteiger partial charge in [-0.25, -0.2) is 9.59 Å². The van der Waals surface area contributed by atoms with E-state index in [1.54, 1.807) is 27.7 Å². The van der Waals surface area contributed by atoms with Gasteiger partial charge in [-0.1, -0.05) is 39.0 Å². The summed E-state index contributed by atoms with van der Waals surface area (Å²) in [7, 11) is 3.96. The summed E-state index contributed by atoms with van der Waals surface area (Å²) in [5.74, 6) is -0.814. The summed E-state index contributed by atoms with van der Waals surface area (Å²) in [5, 5.41) is 8.84. The molecule has 0 radical (unpaired) electrons. The van der Waals surface area contributed by atoms with Crippen molar-refractivity contribution in [2.24, 2.45) is 0 Å². The van der Waals surface area contributed by atoms with Crippen molar-refractivity contribution in [1.29, 1.82) is 0 Å². The Bertz CT molecular complexity index is 800. The number of unbranched alkanes of at least 4 members (excludes halogenated alkanes) is 5. The van der Waals surface area contributed by atoms with Crippen LogP contribution < -0.4 is 16.0 Å². The molecule has 1 heterocycles. The quantitative estimate of drug-likeness (QED) is 0.244. The molecule has 0 spiro atoms. The minimum Gasteiger partial charge on any atom is -0.456 e. The number of thiophene rings is 1. The van der Waals surface area contributed by atoms with Gasteiger partial charge in [-0.3, -0.25) is 10.1 Å². The molecule has 0 saturated heterocycles. The first-order valence-electron chi connectivity index (χ1n) is 12.3. The zero-order chi connectivity index (χ0) is 25.7. The van der Waals surface area contributed by atoms with Gasteiger partial charge in [0.2, 0.25) is 0 Å². The van der Waals surface area contributed by atoms with Crippen molar-refractivity contribution in [3.63, 3.8) is 0 Å². The first-order valence-corrected chi connectivity index (χ1v) is 13.1. The van der Waals surface area contributed by atoms with E-state index in [0.29, 0.717) is 28.5 Å². The topological polar surface area (TPSA) is 99.8 Å². The van der Waals surface area contributed by atoms with Crippen LogP contribution in [0, 0.1) is 6.92 Å². The number of ether oxygens (including phenoxy) is 1. The number of hydrogen-bond acceptors (Lipinski definition) is 6. The van der Waals surface area contributed by atoms with Crippen molar-refractivity contribution in [1.82, 2.24) is 15.5 Å². The Kier molecular flexibility index (Phi) is 13.2. The molecule has 9 heteroatoms. The monoisotopic (exact) mass is 496 g/mol. The zero-order valence-corrected chi connectivity index (χ0v) is 22.9. The molecule has 1 rings (SSSR count). The van der Waals surface area contributed by atoms with Gasteiger partial charge in [0.1, 0.15) is 10.6 Å². The van der Waals surface area contributed by atoms with Crippen molar-refractivity contribution in [2.75, 3.05) is 39.0 Å². The van der Waals surface area contributed by atoms with Gasteiger partial charge >= 0.3 is 12.0 Å².